The van der Waals surface area contributed by atoms with Crippen molar-refractivity contribution in [2.45, 2.75) is 19.9 Å². The van der Waals surface area contributed by atoms with Crippen molar-refractivity contribution >= 4 is 32.6 Å². The molecule has 2 aromatic heterocycles. The molecule has 1 amide bonds. The van der Waals surface area contributed by atoms with E-state index in [9.17, 15) is 9.59 Å². The summed E-state index contributed by atoms with van der Waals surface area (Å²) in [6.45, 7) is 2.41. The van der Waals surface area contributed by atoms with Gasteiger partial charge in [-0.15, -0.1) is 0 Å². The van der Waals surface area contributed by atoms with Gasteiger partial charge in [-0.1, -0.05) is 18.3 Å². The van der Waals surface area contributed by atoms with Crippen LogP contribution in [0.4, 0.5) is 5.13 Å². The summed E-state index contributed by atoms with van der Waals surface area (Å²) in [6, 6.07) is 8.28. The number of carbonyl (C=O) groups is 1. The summed E-state index contributed by atoms with van der Waals surface area (Å²) in [5.41, 5.74) is 0.736. The summed E-state index contributed by atoms with van der Waals surface area (Å²) in [5.74, 6) is 0.336. The summed E-state index contributed by atoms with van der Waals surface area (Å²) < 4.78 is 7.38. The van der Waals surface area contributed by atoms with Crippen LogP contribution in [-0.2, 0) is 6.54 Å². The fraction of sp³-hybridized carbons (Fsp3) is 0.250. The van der Waals surface area contributed by atoms with Crippen molar-refractivity contribution in [2.24, 2.45) is 0 Å². The Morgan fingerprint density at radius 3 is 2.92 bits per heavy atom. The summed E-state index contributed by atoms with van der Waals surface area (Å²) in [6.07, 6.45) is 0.762. The van der Waals surface area contributed by atoms with Crippen LogP contribution in [0.25, 0.3) is 10.2 Å². The predicted octanol–water partition coefficient (Wildman–Crippen LogP) is 2.52. The third kappa shape index (κ3) is 3.28. The zero-order valence-corrected chi connectivity index (χ0v) is 14.1. The normalized spacial score (nSPS) is 10.8. The molecular weight excluding hydrogens is 328 g/mol. The van der Waals surface area contributed by atoms with E-state index in [2.05, 4.69) is 15.4 Å². The van der Waals surface area contributed by atoms with Gasteiger partial charge in [0.15, 0.2) is 5.13 Å². The number of methoxy groups -OCH3 is 1. The smallest absolute Gasteiger partial charge is 0.277 e. The molecular formula is C16H16N4O3S. The first-order valence-electron chi connectivity index (χ1n) is 7.45. The number of benzene rings is 1. The highest BCUT2D eigenvalue weighted by molar-refractivity contribution is 7.22. The van der Waals surface area contributed by atoms with Crippen molar-refractivity contribution in [3.63, 3.8) is 0 Å². The van der Waals surface area contributed by atoms with Crippen LogP contribution in [0.5, 0.6) is 5.75 Å². The molecule has 0 aliphatic heterocycles. The van der Waals surface area contributed by atoms with Crippen molar-refractivity contribution in [1.82, 2.24) is 14.8 Å². The number of aromatic nitrogens is 3. The topological polar surface area (TPSA) is 86.1 Å². The fourth-order valence-electron chi connectivity index (χ4n) is 2.19. The molecule has 1 aromatic carbocycles. The Kier molecular flexibility index (Phi) is 4.57. The highest BCUT2D eigenvalue weighted by atomic mass is 32.1. The van der Waals surface area contributed by atoms with E-state index >= 15 is 0 Å². The fourth-order valence-corrected chi connectivity index (χ4v) is 3.08. The standard InChI is InChI=1S/C16H16N4O3S/c1-3-8-20-14(21)7-6-12(19-20)15(22)18-16-17-11-5-4-10(23-2)9-13(11)24-16/h4-7,9H,3,8H2,1-2H3,(H,17,18,22). The molecule has 0 fully saturated rings. The van der Waals surface area contributed by atoms with Crippen molar-refractivity contribution < 1.29 is 9.53 Å². The maximum absolute atomic E-state index is 12.3. The van der Waals surface area contributed by atoms with E-state index in [-0.39, 0.29) is 11.3 Å². The number of aryl methyl sites for hydroxylation is 1. The maximum Gasteiger partial charge on any atom is 0.277 e. The van der Waals surface area contributed by atoms with Crippen molar-refractivity contribution in [3.05, 3.63) is 46.4 Å². The van der Waals surface area contributed by atoms with Gasteiger partial charge in [0.1, 0.15) is 11.4 Å². The Bertz CT molecular complexity index is 948. The number of rotatable bonds is 5. The molecule has 3 aromatic rings. The van der Waals surface area contributed by atoms with Gasteiger partial charge in [-0.25, -0.2) is 9.67 Å². The van der Waals surface area contributed by atoms with Crippen LogP contribution in [0.15, 0.2) is 35.1 Å². The number of nitrogens with one attached hydrogen (secondary N) is 1. The predicted molar refractivity (Wildman–Crippen MR) is 92.9 cm³/mol. The lowest BCUT2D eigenvalue weighted by Crippen LogP contribution is -2.26. The summed E-state index contributed by atoms with van der Waals surface area (Å²) >= 11 is 1.35. The van der Waals surface area contributed by atoms with E-state index < -0.39 is 5.91 Å². The molecule has 0 radical (unpaired) electrons. The van der Waals surface area contributed by atoms with Crippen LogP contribution >= 0.6 is 11.3 Å². The van der Waals surface area contributed by atoms with E-state index in [1.165, 1.54) is 28.2 Å². The third-order valence-corrected chi connectivity index (χ3v) is 4.28. The molecule has 2 heterocycles. The highest BCUT2D eigenvalue weighted by Gasteiger charge is 2.13. The Morgan fingerprint density at radius 1 is 1.33 bits per heavy atom. The van der Waals surface area contributed by atoms with Gasteiger partial charge in [0.25, 0.3) is 11.5 Å². The number of fused-ring (bicyclic) bond motifs is 1. The Hall–Kier alpha value is -2.74. The number of hydrogen-bond donors (Lipinski definition) is 1. The monoisotopic (exact) mass is 344 g/mol. The number of ether oxygens (including phenoxy) is 1. The average Bonchev–Trinajstić information content (AvgIpc) is 2.98. The van der Waals surface area contributed by atoms with Crippen LogP contribution in [0.1, 0.15) is 23.8 Å². The van der Waals surface area contributed by atoms with Crippen LogP contribution in [-0.4, -0.2) is 27.8 Å². The van der Waals surface area contributed by atoms with Gasteiger partial charge in [0, 0.05) is 12.6 Å². The van der Waals surface area contributed by atoms with Gasteiger partial charge < -0.3 is 4.74 Å². The van der Waals surface area contributed by atoms with Gasteiger partial charge in [-0.2, -0.15) is 5.10 Å². The van der Waals surface area contributed by atoms with Gasteiger partial charge in [-0.05, 0) is 30.7 Å². The molecule has 24 heavy (non-hydrogen) atoms. The molecule has 3 rings (SSSR count). The lowest BCUT2D eigenvalue weighted by molar-refractivity contribution is 0.102. The van der Waals surface area contributed by atoms with Crippen molar-refractivity contribution in [2.75, 3.05) is 12.4 Å². The van der Waals surface area contributed by atoms with Gasteiger partial charge >= 0.3 is 0 Å². The highest BCUT2D eigenvalue weighted by Crippen LogP contribution is 2.29. The van der Waals surface area contributed by atoms with Crippen molar-refractivity contribution in [1.29, 1.82) is 0 Å². The zero-order valence-electron chi connectivity index (χ0n) is 13.3. The van der Waals surface area contributed by atoms with Crippen LogP contribution in [0.3, 0.4) is 0 Å². The zero-order chi connectivity index (χ0) is 17.1. The number of amides is 1. The maximum atomic E-state index is 12.3. The minimum atomic E-state index is -0.397. The molecule has 7 nitrogen and oxygen atoms in total. The number of anilines is 1. The van der Waals surface area contributed by atoms with E-state index in [1.807, 2.05) is 25.1 Å². The van der Waals surface area contributed by atoms with Gasteiger partial charge in [-0.3, -0.25) is 14.9 Å². The second-order valence-electron chi connectivity index (χ2n) is 5.09. The molecule has 0 spiro atoms. The average molecular weight is 344 g/mol. The van der Waals surface area contributed by atoms with Gasteiger partial charge in [0.05, 0.1) is 17.3 Å². The SMILES string of the molecule is CCCn1nc(C(=O)Nc2nc3ccc(OC)cc3s2)ccc1=O. The summed E-state index contributed by atoms with van der Waals surface area (Å²) in [7, 11) is 1.60. The number of carbonyl (C=O) groups excluding carboxylic acids is 1. The Balaban J connectivity index is 1.84. The van der Waals surface area contributed by atoms with Crippen molar-refractivity contribution in [3.8, 4) is 5.75 Å². The molecule has 124 valence electrons. The molecule has 0 aliphatic rings. The second-order valence-corrected chi connectivity index (χ2v) is 6.12. The third-order valence-electron chi connectivity index (χ3n) is 3.35. The minimum absolute atomic E-state index is 0.180. The van der Waals surface area contributed by atoms with Gasteiger partial charge in [0.2, 0.25) is 0 Å². The van der Waals surface area contributed by atoms with E-state index in [0.29, 0.717) is 11.7 Å². The van der Waals surface area contributed by atoms with Crippen LogP contribution < -0.4 is 15.6 Å². The molecule has 0 aliphatic carbocycles. The summed E-state index contributed by atoms with van der Waals surface area (Å²) in [4.78, 5) is 28.4. The first-order chi connectivity index (χ1) is 11.6. The molecule has 1 N–H and O–H groups in total. The van der Waals surface area contributed by atoms with Crippen LogP contribution in [0.2, 0.25) is 0 Å². The first kappa shape index (κ1) is 16.1. The molecule has 0 saturated heterocycles. The Morgan fingerprint density at radius 2 is 2.17 bits per heavy atom. The van der Waals surface area contributed by atoms with Crippen LogP contribution in [0, 0.1) is 0 Å². The minimum Gasteiger partial charge on any atom is -0.497 e. The molecule has 0 unspecified atom stereocenters. The quantitative estimate of drug-likeness (QED) is 0.768. The first-order valence-corrected chi connectivity index (χ1v) is 8.26. The molecule has 0 saturated carbocycles. The molecule has 0 bridgehead atoms. The number of thiazole rings is 1. The number of hydrogen-bond acceptors (Lipinski definition) is 6. The van der Waals surface area contributed by atoms with E-state index in [1.54, 1.807) is 7.11 Å². The lowest BCUT2D eigenvalue weighted by Gasteiger charge is -2.05. The number of nitrogens with zero attached hydrogens (tertiary/aromatic N) is 3. The molecule has 8 heteroatoms. The summed E-state index contributed by atoms with van der Waals surface area (Å²) in [5, 5.41) is 7.28. The second kappa shape index (κ2) is 6.79. The van der Waals surface area contributed by atoms with E-state index in [4.69, 9.17) is 4.74 Å². The van der Waals surface area contributed by atoms with E-state index in [0.717, 1.165) is 22.4 Å². The lowest BCUT2D eigenvalue weighted by atomic mass is 10.3. The largest absolute Gasteiger partial charge is 0.497 e. The molecule has 0 atom stereocenters. The Labute approximate surface area is 141 Å².